The van der Waals surface area contributed by atoms with E-state index in [4.69, 9.17) is 0 Å². The first-order chi connectivity index (χ1) is 18.2. The SMILES string of the molecule is [CH2]C(F)(F)C(F)(F)C(F)(F)C(F)(F)C(F)(F)C(F)(F)C(F)(F)C(F)(F)C(F)(F)C(F)(F)C(F)(F)C(F)(F)C(F)(F)C(F)(F)F. The molecule has 0 spiro atoms. The van der Waals surface area contributed by atoms with Crippen LogP contribution in [-0.2, 0) is 0 Å². The van der Waals surface area contributed by atoms with Crippen molar-refractivity contribution < 1.29 is 127 Å². The number of hydrogen-bond donors (Lipinski definition) is 0. The Labute approximate surface area is 219 Å². The van der Waals surface area contributed by atoms with Gasteiger partial charge in [-0.25, -0.2) is 0 Å². The van der Waals surface area contributed by atoms with Crippen molar-refractivity contribution in [2.24, 2.45) is 0 Å². The van der Waals surface area contributed by atoms with Crippen molar-refractivity contribution in [2.75, 3.05) is 0 Å². The molecule has 0 amide bonds. The zero-order valence-corrected chi connectivity index (χ0v) is 18.7. The van der Waals surface area contributed by atoms with Gasteiger partial charge in [0.25, 0.3) is 0 Å². The van der Waals surface area contributed by atoms with Crippen LogP contribution in [0.15, 0.2) is 0 Å². The van der Waals surface area contributed by atoms with Crippen LogP contribution in [0.2, 0.25) is 0 Å². The molecule has 44 heavy (non-hydrogen) atoms. The van der Waals surface area contributed by atoms with E-state index in [1.54, 1.807) is 0 Å². The van der Waals surface area contributed by atoms with E-state index >= 15 is 0 Å². The van der Waals surface area contributed by atoms with Crippen LogP contribution in [0.5, 0.6) is 0 Å². The monoisotopic (exact) mass is 733 g/mol. The molecule has 0 rings (SSSR count). The van der Waals surface area contributed by atoms with Crippen LogP contribution in [0.4, 0.5) is 127 Å². The van der Waals surface area contributed by atoms with Crippen molar-refractivity contribution in [3.63, 3.8) is 0 Å². The third kappa shape index (κ3) is 4.59. The van der Waals surface area contributed by atoms with Crippen LogP contribution in [-0.4, -0.2) is 83.2 Å². The van der Waals surface area contributed by atoms with Crippen molar-refractivity contribution in [2.45, 2.75) is 83.2 Å². The second-order valence-corrected chi connectivity index (χ2v) is 8.09. The first-order valence-electron chi connectivity index (χ1n) is 9.08. The summed E-state index contributed by atoms with van der Waals surface area (Å²) in [6.07, 6.45) is -8.28. The zero-order chi connectivity index (χ0) is 37.0. The highest BCUT2D eigenvalue weighted by molar-refractivity contribution is 5.21. The third-order valence-corrected chi connectivity index (χ3v) is 5.15. The third-order valence-electron chi connectivity index (χ3n) is 5.15. The van der Waals surface area contributed by atoms with Crippen LogP contribution in [0, 0.1) is 6.92 Å². The molecule has 0 aliphatic carbocycles. The van der Waals surface area contributed by atoms with Crippen molar-refractivity contribution in [3.8, 4) is 0 Å². The van der Waals surface area contributed by atoms with E-state index in [2.05, 4.69) is 0 Å². The Morgan fingerprint density at radius 1 is 0.182 bits per heavy atom. The molecule has 0 aliphatic rings. The summed E-state index contributed by atoms with van der Waals surface area (Å²) in [4.78, 5) is 0. The molecule has 1 radical (unpaired) electrons. The average molecular weight is 733 g/mol. The van der Waals surface area contributed by atoms with Crippen molar-refractivity contribution in [3.05, 3.63) is 6.92 Å². The molecule has 0 saturated carbocycles. The van der Waals surface area contributed by atoms with E-state index in [1.807, 2.05) is 0 Å². The second kappa shape index (κ2) is 9.74. The lowest BCUT2D eigenvalue weighted by Crippen LogP contribution is -2.79. The Bertz CT molecular complexity index is 964. The molecule has 0 aromatic carbocycles. The second-order valence-electron chi connectivity index (χ2n) is 8.09. The highest BCUT2D eigenvalue weighted by Crippen LogP contribution is 2.68. The fraction of sp³-hybridized carbons (Fsp3) is 0.933. The number of halogens is 29. The highest BCUT2D eigenvalue weighted by Gasteiger charge is 3.00. The van der Waals surface area contributed by atoms with Gasteiger partial charge in [0.2, 0.25) is 0 Å². The number of alkyl halides is 29. The molecular weight excluding hydrogens is 731 g/mol. The Morgan fingerprint density at radius 2 is 0.295 bits per heavy atom. The predicted molar refractivity (Wildman–Crippen MR) is 75.7 cm³/mol. The summed E-state index contributed by atoms with van der Waals surface area (Å²) >= 11 is 0. The molecule has 0 aromatic heterocycles. The fourth-order valence-corrected chi connectivity index (χ4v) is 2.38. The fourth-order valence-electron chi connectivity index (χ4n) is 2.38. The minimum Gasteiger partial charge on any atom is -0.200 e. The summed E-state index contributed by atoms with van der Waals surface area (Å²) < 4.78 is 380. The summed E-state index contributed by atoms with van der Waals surface area (Å²) in [6.45, 7) is 0.653. The molecule has 0 aromatic rings. The normalized spacial score (nSPS) is 17.3. The van der Waals surface area contributed by atoms with E-state index in [0.717, 1.165) is 0 Å². The van der Waals surface area contributed by atoms with E-state index in [-0.39, 0.29) is 0 Å². The average Bonchev–Trinajstić information content (AvgIpc) is 2.75. The van der Waals surface area contributed by atoms with Gasteiger partial charge in [0, 0.05) is 6.92 Å². The predicted octanol–water partition coefficient (Wildman–Crippen LogP) is 9.64. The standard InChI is InChI=1S/C15H2F29/c1-2(16,17)3(18,19)4(20,21)5(22,23)6(24,25)7(26,27)8(28,29)9(30,31)10(32,33)11(34,35)12(36,37)13(38,39)14(40,41)15(42,43)44/h1H2. The van der Waals surface area contributed by atoms with E-state index in [0.29, 0.717) is 6.92 Å². The Hall–Kier alpha value is -2.03. The van der Waals surface area contributed by atoms with Gasteiger partial charge in [0.05, 0.1) is 0 Å². The van der Waals surface area contributed by atoms with Gasteiger partial charge >= 0.3 is 83.2 Å². The van der Waals surface area contributed by atoms with Crippen LogP contribution in [0.3, 0.4) is 0 Å². The topological polar surface area (TPSA) is 0 Å². The van der Waals surface area contributed by atoms with Crippen LogP contribution in [0.25, 0.3) is 0 Å². The molecule has 265 valence electrons. The van der Waals surface area contributed by atoms with Gasteiger partial charge in [-0.3, -0.25) is 0 Å². The first-order valence-corrected chi connectivity index (χ1v) is 9.08. The minimum atomic E-state index is -9.91. The lowest BCUT2D eigenvalue weighted by Gasteiger charge is -2.46. The zero-order valence-electron chi connectivity index (χ0n) is 18.7. The molecule has 0 unspecified atom stereocenters. The molecule has 0 fully saturated rings. The minimum absolute atomic E-state index is 0.653. The Kier molecular flexibility index (Phi) is 9.29. The summed E-state index contributed by atoms with van der Waals surface area (Å²) in [5.74, 6) is -120. The molecule has 29 heteroatoms. The first kappa shape index (κ1) is 42.0. The molecule has 0 bridgehead atoms. The summed E-state index contributed by atoms with van der Waals surface area (Å²) in [5, 5.41) is 0. The van der Waals surface area contributed by atoms with E-state index in [9.17, 15) is 127 Å². The van der Waals surface area contributed by atoms with Crippen molar-refractivity contribution in [1.82, 2.24) is 0 Å². The highest BCUT2D eigenvalue weighted by atomic mass is 19.4. The van der Waals surface area contributed by atoms with Gasteiger partial charge in [-0.1, -0.05) is 0 Å². The molecule has 0 aliphatic heterocycles. The summed E-state index contributed by atoms with van der Waals surface area (Å²) in [6, 6.07) is 0. The van der Waals surface area contributed by atoms with Crippen molar-refractivity contribution >= 4 is 0 Å². The molecule has 0 N–H and O–H groups in total. The lowest BCUT2D eigenvalue weighted by atomic mass is 9.83. The van der Waals surface area contributed by atoms with Crippen LogP contribution in [0.1, 0.15) is 0 Å². The molecule has 0 atom stereocenters. The molecule has 0 heterocycles. The Balaban J connectivity index is 7.52. The maximum Gasteiger partial charge on any atom is 0.460 e. The largest absolute Gasteiger partial charge is 0.460 e. The van der Waals surface area contributed by atoms with Gasteiger partial charge in [0.15, 0.2) is 0 Å². The molecular formula is C15H2F29. The van der Waals surface area contributed by atoms with Gasteiger partial charge in [0.1, 0.15) is 0 Å². The van der Waals surface area contributed by atoms with Crippen LogP contribution < -0.4 is 0 Å². The molecule has 0 nitrogen and oxygen atoms in total. The smallest absolute Gasteiger partial charge is 0.200 e. The lowest BCUT2D eigenvalue weighted by molar-refractivity contribution is -0.486. The maximum atomic E-state index is 13.6. The van der Waals surface area contributed by atoms with Crippen molar-refractivity contribution in [1.29, 1.82) is 0 Å². The summed E-state index contributed by atoms with van der Waals surface area (Å²) in [5.41, 5.74) is 0. The van der Waals surface area contributed by atoms with Crippen LogP contribution >= 0.6 is 0 Å². The summed E-state index contributed by atoms with van der Waals surface area (Å²) in [7, 11) is 0. The van der Waals surface area contributed by atoms with E-state index < -0.39 is 83.2 Å². The quantitative estimate of drug-likeness (QED) is 0.176. The Morgan fingerprint density at radius 3 is 0.409 bits per heavy atom. The van der Waals surface area contributed by atoms with Gasteiger partial charge in [-0.15, -0.1) is 0 Å². The van der Waals surface area contributed by atoms with Gasteiger partial charge in [-0.05, 0) is 0 Å². The number of rotatable bonds is 12. The van der Waals surface area contributed by atoms with Gasteiger partial charge < -0.3 is 0 Å². The maximum absolute atomic E-state index is 13.6. The number of hydrogen-bond acceptors (Lipinski definition) is 0. The van der Waals surface area contributed by atoms with E-state index in [1.165, 1.54) is 0 Å². The van der Waals surface area contributed by atoms with Gasteiger partial charge in [-0.2, -0.15) is 127 Å². The molecule has 0 saturated heterocycles.